The number of methoxy groups -OCH3 is 1. The zero-order valence-electron chi connectivity index (χ0n) is 11.6. The summed E-state index contributed by atoms with van der Waals surface area (Å²) in [6, 6.07) is 14.1. The van der Waals surface area contributed by atoms with E-state index in [1.54, 1.807) is 49.6 Å². The molecule has 0 aliphatic heterocycles. The summed E-state index contributed by atoms with van der Waals surface area (Å²) in [6.07, 6.45) is 0. The second kappa shape index (κ2) is 5.62. The molecule has 0 saturated heterocycles. The fourth-order valence-corrected chi connectivity index (χ4v) is 2.58. The van der Waals surface area contributed by atoms with E-state index in [-0.39, 0.29) is 11.4 Å². The van der Waals surface area contributed by atoms with Gasteiger partial charge in [-0.05, 0) is 30.3 Å². The molecule has 5 nitrogen and oxygen atoms in total. The van der Waals surface area contributed by atoms with Crippen molar-refractivity contribution in [2.45, 2.75) is 0 Å². The number of nitrogens with zero attached hydrogens (tertiary/aromatic N) is 3. The summed E-state index contributed by atoms with van der Waals surface area (Å²) in [5.41, 5.74) is 0.732. The van der Waals surface area contributed by atoms with Gasteiger partial charge < -0.3 is 4.74 Å². The quantitative estimate of drug-likeness (QED) is 0.708. The van der Waals surface area contributed by atoms with E-state index in [1.165, 1.54) is 4.57 Å². The van der Waals surface area contributed by atoms with Gasteiger partial charge in [-0.2, -0.15) is 5.26 Å². The minimum absolute atomic E-state index is 0.0353. The first-order chi connectivity index (χ1) is 10.6. The molecule has 0 saturated carbocycles. The van der Waals surface area contributed by atoms with Gasteiger partial charge in [-0.3, -0.25) is 9.36 Å². The van der Waals surface area contributed by atoms with Crippen LogP contribution in [0.4, 0.5) is 0 Å². The lowest BCUT2D eigenvalue weighted by Crippen LogP contribution is -2.22. The largest absolute Gasteiger partial charge is 0.497 e. The van der Waals surface area contributed by atoms with E-state index in [0.29, 0.717) is 22.3 Å². The first kappa shape index (κ1) is 14.3. The van der Waals surface area contributed by atoms with E-state index < -0.39 is 0 Å². The van der Waals surface area contributed by atoms with Crippen LogP contribution in [0.15, 0.2) is 51.7 Å². The lowest BCUT2D eigenvalue weighted by atomic mass is 10.2. The molecule has 6 heteroatoms. The van der Waals surface area contributed by atoms with E-state index >= 15 is 0 Å². The van der Waals surface area contributed by atoms with Crippen molar-refractivity contribution in [3.63, 3.8) is 0 Å². The molecule has 0 amide bonds. The Labute approximate surface area is 134 Å². The van der Waals surface area contributed by atoms with Gasteiger partial charge in [0.15, 0.2) is 0 Å². The third-order valence-electron chi connectivity index (χ3n) is 3.24. The number of benzene rings is 2. The van der Waals surface area contributed by atoms with Gasteiger partial charge in [0, 0.05) is 10.5 Å². The van der Waals surface area contributed by atoms with Crippen LogP contribution in [0.25, 0.3) is 16.6 Å². The van der Waals surface area contributed by atoms with Crippen LogP contribution in [0.3, 0.4) is 0 Å². The van der Waals surface area contributed by atoms with Gasteiger partial charge in [0.05, 0.1) is 23.7 Å². The van der Waals surface area contributed by atoms with Gasteiger partial charge in [0.2, 0.25) is 5.82 Å². The molecule has 0 fully saturated rings. The van der Waals surface area contributed by atoms with E-state index in [0.717, 1.165) is 4.47 Å². The smallest absolute Gasteiger partial charge is 0.266 e. The third-order valence-corrected chi connectivity index (χ3v) is 3.74. The third kappa shape index (κ3) is 2.36. The molecule has 0 N–H and O–H groups in total. The number of aromatic nitrogens is 2. The average molecular weight is 356 g/mol. The lowest BCUT2D eigenvalue weighted by molar-refractivity contribution is 0.414. The zero-order valence-corrected chi connectivity index (χ0v) is 13.2. The second-order valence-corrected chi connectivity index (χ2v) is 5.47. The van der Waals surface area contributed by atoms with Crippen LogP contribution in [-0.2, 0) is 0 Å². The number of fused-ring (bicyclic) bond motifs is 1. The highest BCUT2D eigenvalue weighted by Crippen LogP contribution is 2.19. The molecule has 22 heavy (non-hydrogen) atoms. The van der Waals surface area contributed by atoms with Crippen molar-refractivity contribution in [1.29, 1.82) is 5.26 Å². The molecule has 1 aromatic heterocycles. The first-order valence-corrected chi connectivity index (χ1v) is 7.20. The highest BCUT2D eigenvalue weighted by Gasteiger charge is 2.13. The van der Waals surface area contributed by atoms with Gasteiger partial charge in [0.25, 0.3) is 5.56 Å². The standard InChI is InChI=1S/C16H10BrN3O2/c1-22-12-4-2-3-11(8-12)20-15(9-18)19-14-6-5-10(17)7-13(14)16(20)21/h2-8H,1H3. The Kier molecular flexibility index (Phi) is 3.65. The average Bonchev–Trinajstić information content (AvgIpc) is 2.55. The van der Waals surface area contributed by atoms with Crippen LogP contribution < -0.4 is 10.3 Å². The topological polar surface area (TPSA) is 67.9 Å². The Balaban J connectivity index is 2.39. The molecule has 108 valence electrons. The summed E-state index contributed by atoms with van der Waals surface area (Å²) in [7, 11) is 1.54. The summed E-state index contributed by atoms with van der Waals surface area (Å²) >= 11 is 3.34. The Morgan fingerprint density at radius 1 is 1.27 bits per heavy atom. The Morgan fingerprint density at radius 3 is 2.82 bits per heavy atom. The Hall–Kier alpha value is -2.65. The Bertz CT molecular complexity index is 973. The fourth-order valence-electron chi connectivity index (χ4n) is 2.22. The van der Waals surface area contributed by atoms with Crippen molar-refractivity contribution < 1.29 is 4.74 Å². The van der Waals surface area contributed by atoms with Crippen LogP contribution in [0, 0.1) is 11.3 Å². The first-order valence-electron chi connectivity index (χ1n) is 6.41. The second-order valence-electron chi connectivity index (χ2n) is 4.55. The van der Waals surface area contributed by atoms with E-state index in [4.69, 9.17) is 4.74 Å². The molecule has 0 aliphatic rings. The summed E-state index contributed by atoms with van der Waals surface area (Å²) in [4.78, 5) is 17.0. The van der Waals surface area contributed by atoms with Crippen LogP contribution in [0.1, 0.15) is 5.82 Å². The molecule has 0 aliphatic carbocycles. The molecular formula is C16H10BrN3O2. The number of hydrogen-bond acceptors (Lipinski definition) is 4. The van der Waals surface area contributed by atoms with Gasteiger partial charge >= 0.3 is 0 Å². The summed E-state index contributed by atoms with van der Waals surface area (Å²) in [5.74, 6) is 0.635. The van der Waals surface area contributed by atoms with Gasteiger partial charge in [-0.15, -0.1) is 0 Å². The van der Waals surface area contributed by atoms with Crippen LogP contribution in [0.2, 0.25) is 0 Å². The summed E-state index contributed by atoms with van der Waals surface area (Å²) < 4.78 is 7.24. The van der Waals surface area contributed by atoms with Crippen molar-refractivity contribution in [3.05, 3.63) is 63.1 Å². The fraction of sp³-hybridized carbons (Fsp3) is 0.0625. The maximum atomic E-state index is 12.8. The molecule has 0 unspecified atom stereocenters. The maximum absolute atomic E-state index is 12.8. The van der Waals surface area contributed by atoms with Crippen LogP contribution in [-0.4, -0.2) is 16.7 Å². The molecule has 0 radical (unpaired) electrons. The van der Waals surface area contributed by atoms with Crippen molar-refractivity contribution in [1.82, 2.24) is 9.55 Å². The molecule has 1 heterocycles. The van der Waals surface area contributed by atoms with E-state index in [1.807, 2.05) is 6.07 Å². The van der Waals surface area contributed by atoms with Crippen molar-refractivity contribution in [2.75, 3.05) is 7.11 Å². The van der Waals surface area contributed by atoms with Gasteiger partial charge in [0.1, 0.15) is 11.8 Å². The van der Waals surface area contributed by atoms with Crippen molar-refractivity contribution in [3.8, 4) is 17.5 Å². The number of hydrogen-bond donors (Lipinski definition) is 0. The highest BCUT2D eigenvalue weighted by atomic mass is 79.9. The molecule has 3 rings (SSSR count). The molecule has 2 aromatic carbocycles. The molecule has 3 aromatic rings. The number of rotatable bonds is 2. The van der Waals surface area contributed by atoms with Crippen molar-refractivity contribution in [2.24, 2.45) is 0 Å². The van der Waals surface area contributed by atoms with Gasteiger partial charge in [-0.1, -0.05) is 22.0 Å². The van der Waals surface area contributed by atoms with Gasteiger partial charge in [-0.25, -0.2) is 4.98 Å². The zero-order chi connectivity index (χ0) is 15.7. The predicted molar refractivity (Wildman–Crippen MR) is 86.3 cm³/mol. The molecule has 0 atom stereocenters. The van der Waals surface area contributed by atoms with Crippen LogP contribution in [0.5, 0.6) is 5.75 Å². The highest BCUT2D eigenvalue weighted by molar-refractivity contribution is 9.10. The number of halogens is 1. The minimum atomic E-state index is -0.295. The maximum Gasteiger partial charge on any atom is 0.266 e. The monoisotopic (exact) mass is 355 g/mol. The van der Waals surface area contributed by atoms with E-state index in [9.17, 15) is 10.1 Å². The molecule has 0 bridgehead atoms. The minimum Gasteiger partial charge on any atom is -0.497 e. The molecular weight excluding hydrogens is 346 g/mol. The van der Waals surface area contributed by atoms with Crippen LogP contribution >= 0.6 is 15.9 Å². The summed E-state index contributed by atoms with van der Waals surface area (Å²) in [6.45, 7) is 0. The number of ether oxygens (including phenoxy) is 1. The summed E-state index contributed by atoms with van der Waals surface area (Å²) in [5, 5.41) is 9.77. The van der Waals surface area contributed by atoms with Crippen molar-refractivity contribution >= 4 is 26.8 Å². The normalized spacial score (nSPS) is 10.4. The predicted octanol–water partition coefficient (Wildman–Crippen LogP) is 3.03. The SMILES string of the molecule is COc1cccc(-n2c(C#N)nc3ccc(Br)cc3c2=O)c1. The van der Waals surface area contributed by atoms with E-state index in [2.05, 4.69) is 20.9 Å². The number of nitriles is 1. The lowest BCUT2D eigenvalue weighted by Gasteiger charge is -2.10. The molecule has 0 spiro atoms. The Morgan fingerprint density at radius 2 is 2.09 bits per heavy atom.